The van der Waals surface area contributed by atoms with E-state index in [0.29, 0.717) is 0 Å². The minimum Gasteiger partial charge on any atom is -0.497 e. The summed E-state index contributed by atoms with van der Waals surface area (Å²) in [6, 6.07) is 8.24. The number of rotatable bonds is 8. The Bertz CT molecular complexity index is 666. The van der Waals surface area contributed by atoms with Gasteiger partial charge in [-0.3, -0.25) is 5.41 Å². The van der Waals surface area contributed by atoms with Gasteiger partial charge in [-0.15, -0.1) is 0 Å². The van der Waals surface area contributed by atoms with Crippen LogP contribution >= 0.6 is 12.6 Å². The van der Waals surface area contributed by atoms with E-state index in [0.717, 1.165) is 19.7 Å². The lowest BCUT2D eigenvalue weighted by Crippen LogP contribution is -2.45. The lowest BCUT2D eigenvalue weighted by molar-refractivity contribution is -0.0588. The second-order valence-corrected chi connectivity index (χ2v) is 8.64. The standard InChI is InChI=1S/C11H18BF3NOS.C10H14O/c1-6-7(8(16)11(13,14)15)12-17-9(2,3)10(4,5)18;1-3-4-9-5-7-10(11-2)8-6-9/h6,16,18H,1-5H3;5-8H,3-4H2,1-2H3/b7-6+,16-8?;. The van der Waals surface area contributed by atoms with Gasteiger partial charge in [0, 0.05) is 4.75 Å². The fourth-order valence-corrected chi connectivity index (χ4v) is 1.92. The van der Waals surface area contributed by atoms with Crippen molar-refractivity contribution in [2.45, 2.75) is 70.9 Å². The number of benzene rings is 1. The molecular weight excluding hydrogens is 398 g/mol. The van der Waals surface area contributed by atoms with Crippen LogP contribution in [-0.2, 0) is 11.1 Å². The summed E-state index contributed by atoms with van der Waals surface area (Å²) in [5, 5.41) is 7.04. The van der Waals surface area contributed by atoms with Gasteiger partial charge in [-0.1, -0.05) is 31.6 Å². The van der Waals surface area contributed by atoms with Crippen molar-refractivity contribution in [1.29, 1.82) is 5.41 Å². The van der Waals surface area contributed by atoms with Gasteiger partial charge in [0.25, 0.3) is 0 Å². The molecule has 0 saturated heterocycles. The Morgan fingerprint density at radius 2 is 1.66 bits per heavy atom. The zero-order valence-electron chi connectivity index (χ0n) is 18.3. The van der Waals surface area contributed by atoms with Crippen molar-refractivity contribution in [3.8, 4) is 5.75 Å². The summed E-state index contributed by atoms with van der Waals surface area (Å²) in [7, 11) is 2.66. The molecule has 0 saturated carbocycles. The zero-order chi connectivity index (χ0) is 22.9. The first-order chi connectivity index (χ1) is 13.2. The van der Waals surface area contributed by atoms with Crippen LogP contribution in [0.25, 0.3) is 0 Å². The SMILES string of the molecule is C/C=C(/[B]OC(C)(C)C(C)(C)S)C(=N)C(F)(F)F.CCCc1ccc(OC)cc1. The van der Waals surface area contributed by atoms with Crippen LogP contribution in [0.15, 0.2) is 35.8 Å². The summed E-state index contributed by atoms with van der Waals surface area (Å²) in [5.74, 6) is 0.935. The third kappa shape index (κ3) is 9.76. The first-order valence-corrected chi connectivity index (χ1v) is 9.83. The Labute approximate surface area is 179 Å². The van der Waals surface area contributed by atoms with Crippen molar-refractivity contribution in [2.75, 3.05) is 7.11 Å². The number of methoxy groups -OCH3 is 1. The van der Waals surface area contributed by atoms with E-state index in [1.807, 2.05) is 12.1 Å². The van der Waals surface area contributed by atoms with Crippen LogP contribution in [0, 0.1) is 5.41 Å². The molecule has 0 unspecified atom stereocenters. The molecule has 0 aliphatic heterocycles. The topological polar surface area (TPSA) is 42.3 Å². The predicted octanol–water partition coefficient (Wildman–Crippen LogP) is 6.24. The fraction of sp³-hybridized carbons (Fsp3) is 0.571. The van der Waals surface area contributed by atoms with E-state index in [4.69, 9.17) is 14.8 Å². The third-order valence-electron chi connectivity index (χ3n) is 4.53. The van der Waals surface area contributed by atoms with Gasteiger partial charge in [0.2, 0.25) is 0 Å². The van der Waals surface area contributed by atoms with Crippen molar-refractivity contribution in [2.24, 2.45) is 0 Å². The molecule has 0 aromatic heterocycles. The highest BCUT2D eigenvalue weighted by Crippen LogP contribution is 2.31. The van der Waals surface area contributed by atoms with Crippen LogP contribution in [-0.4, -0.2) is 36.8 Å². The molecule has 0 heterocycles. The van der Waals surface area contributed by atoms with Crippen molar-refractivity contribution in [3.05, 3.63) is 41.4 Å². The fourth-order valence-electron chi connectivity index (χ4n) is 1.87. The number of aryl methyl sites for hydroxylation is 1. The Kier molecular flexibility index (Phi) is 11.1. The van der Waals surface area contributed by atoms with Crippen LogP contribution in [0.3, 0.4) is 0 Å². The van der Waals surface area contributed by atoms with E-state index in [1.165, 1.54) is 25.0 Å². The van der Waals surface area contributed by atoms with E-state index in [1.54, 1.807) is 34.8 Å². The summed E-state index contributed by atoms with van der Waals surface area (Å²) in [6.07, 6.45) is -1.13. The van der Waals surface area contributed by atoms with Crippen molar-refractivity contribution >= 4 is 25.8 Å². The van der Waals surface area contributed by atoms with Gasteiger partial charge in [-0.25, -0.2) is 0 Å². The number of halogens is 3. The molecule has 0 fully saturated rings. The van der Waals surface area contributed by atoms with Crippen molar-refractivity contribution < 1.29 is 22.6 Å². The summed E-state index contributed by atoms with van der Waals surface area (Å²) >= 11 is 4.34. The lowest BCUT2D eigenvalue weighted by atomic mass is 9.80. The Hall–Kier alpha value is -1.41. The quantitative estimate of drug-likeness (QED) is 0.291. The van der Waals surface area contributed by atoms with Crippen LogP contribution < -0.4 is 4.74 Å². The maximum Gasteiger partial charge on any atom is 0.432 e. The summed E-state index contributed by atoms with van der Waals surface area (Å²) < 4.78 is 47.0. The first kappa shape index (κ1) is 27.6. The average molecular weight is 430 g/mol. The average Bonchev–Trinajstić information content (AvgIpc) is 2.61. The van der Waals surface area contributed by atoms with Gasteiger partial charge in [-0.2, -0.15) is 25.8 Å². The molecule has 0 aliphatic carbocycles. The largest absolute Gasteiger partial charge is 0.497 e. The molecule has 0 bridgehead atoms. The Morgan fingerprint density at radius 1 is 1.14 bits per heavy atom. The van der Waals surface area contributed by atoms with Crippen LogP contribution in [0.4, 0.5) is 13.2 Å². The smallest absolute Gasteiger partial charge is 0.432 e. The molecule has 1 aromatic rings. The van der Waals surface area contributed by atoms with Crippen LogP contribution in [0.1, 0.15) is 53.5 Å². The van der Waals surface area contributed by atoms with Gasteiger partial charge >= 0.3 is 13.7 Å². The third-order valence-corrected chi connectivity index (χ3v) is 5.07. The summed E-state index contributed by atoms with van der Waals surface area (Å²) in [4.78, 5) is 0. The molecule has 163 valence electrons. The van der Waals surface area contributed by atoms with Crippen molar-refractivity contribution in [1.82, 2.24) is 0 Å². The minimum atomic E-state index is -4.68. The molecule has 1 radical (unpaired) electrons. The molecule has 0 atom stereocenters. The molecule has 0 amide bonds. The molecule has 29 heavy (non-hydrogen) atoms. The van der Waals surface area contributed by atoms with E-state index in [2.05, 4.69) is 31.7 Å². The molecule has 0 aliphatic rings. The number of ether oxygens (including phenoxy) is 1. The van der Waals surface area contributed by atoms with Crippen molar-refractivity contribution in [3.63, 3.8) is 0 Å². The zero-order valence-corrected chi connectivity index (χ0v) is 19.2. The van der Waals surface area contributed by atoms with Gasteiger partial charge in [-0.05, 0) is 64.2 Å². The second kappa shape index (κ2) is 11.7. The molecule has 1 rings (SSSR count). The predicted molar refractivity (Wildman–Crippen MR) is 119 cm³/mol. The van der Waals surface area contributed by atoms with E-state index in [-0.39, 0.29) is 5.47 Å². The van der Waals surface area contributed by atoms with E-state index in [9.17, 15) is 13.2 Å². The van der Waals surface area contributed by atoms with E-state index < -0.39 is 22.2 Å². The molecular formula is C21H32BF3NO2S. The van der Waals surface area contributed by atoms with E-state index >= 15 is 0 Å². The monoisotopic (exact) mass is 430 g/mol. The normalized spacial score (nSPS) is 12.7. The number of nitrogens with one attached hydrogen (secondary N) is 1. The Balaban J connectivity index is 0.000000604. The molecule has 1 N–H and O–H groups in total. The molecule has 3 nitrogen and oxygen atoms in total. The first-order valence-electron chi connectivity index (χ1n) is 9.38. The maximum atomic E-state index is 12.4. The molecule has 1 aromatic carbocycles. The molecule has 0 spiro atoms. The van der Waals surface area contributed by atoms with Gasteiger partial charge in [0.15, 0.2) is 0 Å². The molecule has 8 heteroatoms. The summed E-state index contributed by atoms with van der Waals surface area (Å²) in [5.41, 5.74) is -1.10. The van der Waals surface area contributed by atoms with Gasteiger partial charge < -0.3 is 9.39 Å². The second-order valence-electron chi connectivity index (χ2n) is 7.52. The maximum absolute atomic E-state index is 12.4. The van der Waals surface area contributed by atoms with Gasteiger partial charge in [0.1, 0.15) is 11.5 Å². The number of alkyl halides is 3. The highest BCUT2D eigenvalue weighted by Gasteiger charge is 2.39. The minimum absolute atomic E-state index is 0.298. The number of allylic oxidation sites excluding steroid dienone is 2. The lowest BCUT2D eigenvalue weighted by Gasteiger charge is -2.38. The van der Waals surface area contributed by atoms with Gasteiger partial charge in [0.05, 0.1) is 12.7 Å². The summed E-state index contributed by atoms with van der Waals surface area (Å²) in [6.45, 7) is 10.7. The number of hydrogen-bond acceptors (Lipinski definition) is 4. The number of thiol groups is 1. The Morgan fingerprint density at radius 3 is 2.00 bits per heavy atom. The highest BCUT2D eigenvalue weighted by atomic mass is 32.1. The number of hydrogen-bond donors (Lipinski definition) is 2. The van der Waals surface area contributed by atoms with Crippen LogP contribution in [0.5, 0.6) is 5.75 Å². The van der Waals surface area contributed by atoms with Crippen LogP contribution in [0.2, 0.25) is 0 Å². The highest BCUT2D eigenvalue weighted by molar-refractivity contribution is 7.81.